The molecule has 0 aliphatic heterocycles. The molecule has 0 unspecified atom stereocenters. The predicted molar refractivity (Wildman–Crippen MR) is 127 cm³/mol. The van der Waals surface area contributed by atoms with Gasteiger partial charge >= 0.3 is 0 Å². The van der Waals surface area contributed by atoms with Crippen molar-refractivity contribution in [2.45, 2.75) is 38.5 Å². The number of nitrogens with zero attached hydrogens (tertiary/aromatic N) is 1. The van der Waals surface area contributed by atoms with Gasteiger partial charge in [-0.15, -0.1) is 0 Å². The maximum absolute atomic E-state index is 5.74. The van der Waals surface area contributed by atoms with Crippen molar-refractivity contribution in [3.8, 4) is 23.0 Å². The number of benzene rings is 2. The standard InChI is InChI=1S/C27H33NO4/c1-29-24-15-13-20(14-16-24)8-5-11-22-18-23(12-6-9-21-10-7-17-28-19-21)26(31-3)27(32-4)25(22)30-2/h7,10,13-19H,5-6,8-9,11-12H2,1-4H3. The Morgan fingerprint density at radius 3 is 1.72 bits per heavy atom. The molecule has 170 valence electrons. The number of hydrogen-bond donors (Lipinski definition) is 0. The van der Waals surface area contributed by atoms with E-state index in [0.29, 0.717) is 5.75 Å². The Morgan fingerprint density at radius 1 is 0.625 bits per heavy atom. The first-order valence-corrected chi connectivity index (χ1v) is 11.0. The summed E-state index contributed by atoms with van der Waals surface area (Å²) < 4.78 is 22.4. The van der Waals surface area contributed by atoms with Crippen LogP contribution in [0.3, 0.4) is 0 Å². The van der Waals surface area contributed by atoms with Crippen molar-refractivity contribution in [2.75, 3.05) is 28.4 Å². The summed E-state index contributed by atoms with van der Waals surface area (Å²) in [7, 11) is 6.73. The van der Waals surface area contributed by atoms with Crippen LogP contribution in [0.5, 0.6) is 23.0 Å². The van der Waals surface area contributed by atoms with E-state index < -0.39 is 0 Å². The van der Waals surface area contributed by atoms with E-state index in [-0.39, 0.29) is 0 Å². The Morgan fingerprint density at radius 2 is 1.22 bits per heavy atom. The Balaban J connectivity index is 1.74. The average molecular weight is 436 g/mol. The number of aryl methyl sites for hydroxylation is 4. The minimum Gasteiger partial charge on any atom is -0.497 e. The van der Waals surface area contributed by atoms with Crippen LogP contribution in [0.2, 0.25) is 0 Å². The molecular weight excluding hydrogens is 402 g/mol. The van der Waals surface area contributed by atoms with E-state index in [0.717, 1.165) is 66.9 Å². The molecule has 0 aliphatic carbocycles. The molecule has 0 saturated carbocycles. The lowest BCUT2D eigenvalue weighted by Gasteiger charge is -2.19. The SMILES string of the molecule is COc1ccc(CCCc2cc(CCCc3cccnc3)c(OC)c(OC)c2OC)cc1. The maximum atomic E-state index is 5.74. The third kappa shape index (κ3) is 5.94. The molecule has 0 amide bonds. The van der Waals surface area contributed by atoms with Crippen molar-refractivity contribution in [1.29, 1.82) is 0 Å². The van der Waals surface area contributed by atoms with E-state index in [1.54, 1.807) is 34.6 Å². The first-order chi connectivity index (χ1) is 15.7. The lowest BCUT2D eigenvalue weighted by Crippen LogP contribution is -2.04. The van der Waals surface area contributed by atoms with Crippen molar-refractivity contribution in [3.05, 3.63) is 77.1 Å². The molecule has 3 aromatic rings. The fraction of sp³-hybridized carbons (Fsp3) is 0.370. The third-order valence-corrected chi connectivity index (χ3v) is 5.66. The Hall–Kier alpha value is -3.21. The second-order valence-electron chi connectivity index (χ2n) is 7.71. The third-order valence-electron chi connectivity index (χ3n) is 5.66. The highest BCUT2D eigenvalue weighted by molar-refractivity contribution is 5.60. The molecule has 0 atom stereocenters. The summed E-state index contributed by atoms with van der Waals surface area (Å²) >= 11 is 0. The zero-order valence-electron chi connectivity index (χ0n) is 19.5. The van der Waals surface area contributed by atoms with Gasteiger partial charge in [-0.3, -0.25) is 4.98 Å². The molecule has 32 heavy (non-hydrogen) atoms. The summed E-state index contributed by atoms with van der Waals surface area (Å²) in [6.07, 6.45) is 9.48. The summed E-state index contributed by atoms with van der Waals surface area (Å²) in [5.41, 5.74) is 4.83. The number of hydrogen-bond acceptors (Lipinski definition) is 5. The average Bonchev–Trinajstić information content (AvgIpc) is 2.84. The monoisotopic (exact) mass is 435 g/mol. The molecule has 0 radical (unpaired) electrons. The zero-order chi connectivity index (χ0) is 22.8. The van der Waals surface area contributed by atoms with Crippen LogP contribution in [0, 0.1) is 0 Å². The predicted octanol–water partition coefficient (Wildman–Crippen LogP) is 5.47. The number of aromatic nitrogens is 1. The van der Waals surface area contributed by atoms with Gasteiger partial charge in [0.25, 0.3) is 0 Å². The number of ether oxygens (including phenoxy) is 4. The summed E-state index contributed by atoms with van der Waals surface area (Å²) in [6, 6.07) is 14.6. The van der Waals surface area contributed by atoms with Crippen LogP contribution >= 0.6 is 0 Å². The highest BCUT2D eigenvalue weighted by Crippen LogP contribution is 2.43. The molecule has 2 aromatic carbocycles. The fourth-order valence-electron chi connectivity index (χ4n) is 4.04. The lowest BCUT2D eigenvalue weighted by molar-refractivity contribution is 0.319. The maximum Gasteiger partial charge on any atom is 0.203 e. The van der Waals surface area contributed by atoms with E-state index >= 15 is 0 Å². The van der Waals surface area contributed by atoms with Gasteiger partial charge in [0.15, 0.2) is 11.5 Å². The molecule has 0 aliphatic rings. The van der Waals surface area contributed by atoms with Crippen LogP contribution in [-0.2, 0) is 25.7 Å². The number of pyridine rings is 1. The van der Waals surface area contributed by atoms with E-state index in [2.05, 4.69) is 29.2 Å². The first-order valence-electron chi connectivity index (χ1n) is 11.0. The molecule has 0 fully saturated rings. The Labute approximate surface area is 191 Å². The van der Waals surface area contributed by atoms with Crippen molar-refractivity contribution >= 4 is 0 Å². The molecule has 3 rings (SSSR count). The van der Waals surface area contributed by atoms with Crippen LogP contribution in [0.25, 0.3) is 0 Å². The number of methoxy groups -OCH3 is 4. The van der Waals surface area contributed by atoms with Crippen LogP contribution in [0.15, 0.2) is 54.9 Å². The van der Waals surface area contributed by atoms with Crippen LogP contribution in [0.1, 0.15) is 35.1 Å². The molecule has 0 bridgehead atoms. The minimum atomic E-state index is 0.674. The van der Waals surface area contributed by atoms with Crippen LogP contribution in [-0.4, -0.2) is 33.4 Å². The van der Waals surface area contributed by atoms with Crippen LogP contribution < -0.4 is 18.9 Å². The highest BCUT2D eigenvalue weighted by Gasteiger charge is 2.20. The van der Waals surface area contributed by atoms with Crippen LogP contribution in [0.4, 0.5) is 0 Å². The lowest BCUT2D eigenvalue weighted by atomic mass is 9.97. The second kappa shape index (κ2) is 12.0. The highest BCUT2D eigenvalue weighted by atomic mass is 16.5. The first kappa shape index (κ1) is 23.5. The molecule has 1 aromatic heterocycles. The van der Waals surface area contributed by atoms with E-state index in [1.165, 1.54) is 11.1 Å². The summed E-state index contributed by atoms with van der Waals surface area (Å²) in [5, 5.41) is 0. The van der Waals surface area contributed by atoms with E-state index in [1.807, 2.05) is 24.4 Å². The minimum absolute atomic E-state index is 0.674. The molecule has 0 spiro atoms. The normalized spacial score (nSPS) is 10.6. The van der Waals surface area contributed by atoms with Gasteiger partial charge in [0.2, 0.25) is 5.75 Å². The van der Waals surface area contributed by atoms with E-state index in [4.69, 9.17) is 18.9 Å². The van der Waals surface area contributed by atoms with Crippen molar-refractivity contribution in [1.82, 2.24) is 4.98 Å². The largest absolute Gasteiger partial charge is 0.497 e. The van der Waals surface area contributed by atoms with Gasteiger partial charge in [-0.25, -0.2) is 0 Å². The van der Waals surface area contributed by atoms with Gasteiger partial charge < -0.3 is 18.9 Å². The molecule has 0 N–H and O–H groups in total. The smallest absolute Gasteiger partial charge is 0.203 e. The summed E-state index contributed by atoms with van der Waals surface area (Å²) in [5.74, 6) is 3.07. The molecule has 1 heterocycles. The molecule has 0 saturated heterocycles. The van der Waals surface area contributed by atoms with Crippen molar-refractivity contribution in [2.24, 2.45) is 0 Å². The van der Waals surface area contributed by atoms with Gasteiger partial charge in [0.1, 0.15) is 5.75 Å². The quantitative estimate of drug-likeness (QED) is 0.378. The Kier molecular flexibility index (Phi) is 8.79. The molecular formula is C27H33NO4. The van der Waals surface area contributed by atoms with E-state index in [9.17, 15) is 0 Å². The Bertz CT molecular complexity index is 971. The van der Waals surface area contributed by atoms with Gasteiger partial charge in [0.05, 0.1) is 28.4 Å². The summed E-state index contributed by atoms with van der Waals surface area (Å²) in [4.78, 5) is 4.21. The van der Waals surface area contributed by atoms with Gasteiger partial charge in [0, 0.05) is 12.4 Å². The van der Waals surface area contributed by atoms with Crippen molar-refractivity contribution in [3.63, 3.8) is 0 Å². The molecule has 5 nitrogen and oxygen atoms in total. The zero-order valence-corrected chi connectivity index (χ0v) is 19.5. The van der Waals surface area contributed by atoms with Gasteiger partial charge in [-0.05, 0) is 85.0 Å². The number of rotatable bonds is 12. The second-order valence-corrected chi connectivity index (χ2v) is 7.71. The van der Waals surface area contributed by atoms with Crippen molar-refractivity contribution < 1.29 is 18.9 Å². The summed E-state index contributed by atoms with van der Waals surface area (Å²) in [6.45, 7) is 0. The topological polar surface area (TPSA) is 49.8 Å². The fourth-order valence-corrected chi connectivity index (χ4v) is 4.04. The molecule has 5 heteroatoms. The van der Waals surface area contributed by atoms with Gasteiger partial charge in [-0.2, -0.15) is 0 Å². The van der Waals surface area contributed by atoms with Gasteiger partial charge in [-0.1, -0.05) is 18.2 Å².